The molecule has 268 valence electrons. The van der Waals surface area contributed by atoms with Crippen LogP contribution in [0.25, 0.3) is 10.9 Å². The number of aliphatic carboxylic acids is 1. The molecule has 0 amide bonds. The van der Waals surface area contributed by atoms with Crippen LogP contribution in [0.5, 0.6) is 0 Å². The Bertz CT molecular complexity index is 1320. The molecule has 1 aliphatic heterocycles. The molecule has 3 aromatic rings. The topological polar surface area (TPSA) is 147 Å². The Morgan fingerprint density at radius 1 is 1.02 bits per heavy atom. The summed E-state index contributed by atoms with van der Waals surface area (Å²) in [4.78, 5) is 25.8. The van der Waals surface area contributed by atoms with Crippen molar-refractivity contribution in [2.75, 3.05) is 50.4 Å². The van der Waals surface area contributed by atoms with E-state index < -0.39 is 5.97 Å². The molecule has 3 heterocycles. The molecule has 1 aromatic carbocycles. The summed E-state index contributed by atoms with van der Waals surface area (Å²) in [5.41, 5.74) is 8.61. The number of hydrogen-bond acceptors (Lipinski definition) is 9. The van der Waals surface area contributed by atoms with Crippen LogP contribution in [0.3, 0.4) is 0 Å². The van der Waals surface area contributed by atoms with Crippen molar-refractivity contribution >= 4 is 28.5 Å². The van der Waals surface area contributed by atoms with Gasteiger partial charge in [-0.25, -0.2) is 15.0 Å². The summed E-state index contributed by atoms with van der Waals surface area (Å²) < 4.78 is 5.92. The zero-order valence-electron chi connectivity index (χ0n) is 30.4. The van der Waals surface area contributed by atoms with Crippen LogP contribution >= 0.6 is 0 Å². The van der Waals surface area contributed by atoms with Gasteiger partial charge in [-0.3, -0.25) is 4.79 Å². The molecule has 1 aliphatic rings. The van der Waals surface area contributed by atoms with Gasteiger partial charge >= 0.3 is 5.97 Å². The minimum atomic E-state index is -0.748. The lowest BCUT2D eigenvalue weighted by molar-refractivity contribution is -0.137. The highest BCUT2D eigenvalue weighted by atomic mass is 16.5. The molecule has 0 atom stereocenters. The van der Waals surface area contributed by atoms with Gasteiger partial charge < -0.3 is 30.9 Å². The highest BCUT2D eigenvalue weighted by Gasteiger charge is 2.18. The van der Waals surface area contributed by atoms with Crippen LogP contribution in [0.2, 0.25) is 0 Å². The van der Waals surface area contributed by atoms with Crippen molar-refractivity contribution in [2.24, 2.45) is 11.8 Å². The number of rotatable bonds is 17. The van der Waals surface area contributed by atoms with Crippen LogP contribution in [0.15, 0.2) is 42.7 Å². The van der Waals surface area contributed by atoms with E-state index in [9.17, 15) is 4.79 Å². The molecule has 4 rings (SSSR count). The van der Waals surface area contributed by atoms with Crippen molar-refractivity contribution in [2.45, 2.75) is 105 Å². The first-order chi connectivity index (χ1) is 22.9. The predicted octanol–water partition coefficient (Wildman–Crippen LogP) is 7.01. The normalized spacial score (nSPS) is 12.6. The standard InChI is InChI=1S/C23H39N3O4.C8H7N3.C7H16/c1-23(2,12-17-27)30-18-16-26(15-6-9-21(28)29)14-4-3-8-20-11-10-19-7-5-13-24-22(19)25-20;9-8-6-3-1-2-4-7(6)10-5-11-8;1-6(2)5-7(3)4/h10-11,27H,3-9,12-18H2,1-2H3,(H,24,25)(H,28,29);1-5H,(H2,9,10,11);6-7H,5H2,1-4H3. The number of aliphatic hydroxyl groups is 1. The number of aliphatic hydroxyl groups excluding tert-OH is 1. The molecule has 0 saturated heterocycles. The van der Waals surface area contributed by atoms with E-state index in [-0.39, 0.29) is 18.6 Å². The zero-order valence-corrected chi connectivity index (χ0v) is 30.4. The maximum Gasteiger partial charge on any atom is 0.303 e. The molecule has 2 aromatic heterocycles. The number of nitrogens with zero attached hydrogens (tertiary/aromatic N) is 4. The minimum Gasteiger partial charge on any atom is -0.481 e. The van der Waals surface area contributed by atoms with Gasteiger partial charge in [-0.1, -0.05) is 45.9 Å². The number of benzene rings is 1. The van der Waals surface area contributed by atoms with Crippen molar-refractivity contribution in [3.63, 3.8) is 0 Å². The Kier molecular flexibility index (Phi) is 19.0. The second kappa shape index (κ2) is 22.3. The molecule has 0 unspecified atom stereocenters. The third-order valence-electron chi connectivity index (χ3n) is 8.10. The van der Waals surface area contributed by atoms with Crippen LogP contribution in [0.4, 0.5) is 11.6 Å². The predicted molar refractivity (Wildman–Crippen MR) is 197 cm³/mol. The number of carbonyl (C=O) groups is 1. The number of anilines is 2. The summed E-state index contributed by atoms with van der Waals surface area (Å²) in [5, 5.41) is 22.3. The number of nitrogens with one attached hydrogen (secondary N) is 1. The summed E-state index contributed by atoms with van der Waals surface area (Å²) in [5.74, 6) is 2.59. The molecule has 5 N–H and O–H groups in total. The van der Waals surface area contributed by atoms with Gasteiger partial charge in [0.15, 0.2) is 0 Å². The Hall–Kier alpha value is -3.34. The third kappa shape index (κ3) is 17.2. The second-order valence-corrected chi connectivity index (χ2v) is 14.0. The minimum absolute atomic E-state index is 0.113. The lowest BCUT2D eigenvalue weighted by atomic mass is 10.0. The molecular formula is C38H62N6O4. The average Bonchev–Trinajstić information content (AvgIpc) is 3.03. The number of aryl methyl sites for hydroxylation is 2. The number of nitrogen functional groups attached to an aromatic ring is 1. The highest BCUT2D eigenvalue weighted by molar-refractivity contribution is 5.87. The largest absolute Gasteiger partial charge is 0.481 e. The number of unbranched alkanes of at least 4 members (excludes halogenated alkanes) is 1. The van der Waals surface area contributed by atoms with E-state index in [2.05, 4.69) is 60.0 Å². The van der Waals surface area contributed by atoms with Gasteiger partial charge in [0.1, 0.15) is 18.0 Å². The Labute approximate surface area is 288 Å². The Balaban J connectivity index is 0.000000358. The monoisotopic (exact) mass is 666 g/mol. The van der Waals surface area contributed by atoms with Gasteiger partial charge in [0.2, 0.25) is 0 Å². The van der Waals surface area contributed by atoms with Gasteiger partial charge in [0.25, 0.3) is 0 Å². The van der Waals surface area contributed by atoms with E-state index in [1.54, 1.807) is 0 Å². The third-order valence-corrected chi connectivity index (χ3v) is 8.10. The van der Waals surface area contributed by atoms with E-state index in [1.165, 1.54) is 24.7 Å². The van der Waals surface area contributed by atoms with Crippen LogP contribution in [0.1, 0.15) is 97.7 Å². The van der Waals surface area contributed by atoms with Crippen LogP contribution in [0, 0.1) is 11.8 Å². The Morgan fingerprint density at radius 2 is 1.75 bits per heavy atom. The molecule has 48 heavy (non-hydrogen) atoms. The number of aromatic nitrogens is 3. The van der Waals surface area contributed by atoms with Crippen molar-refractivity contribution in [1.82, 2.24) is 19.9 Å². The first kappa shape index (κ1) is 40.8. The molecule has 0 aliphatic carbocycles. The fourth-order valence-electron chi connectivity index (χ4n) is 5.70. The number of carboxylic acid groups (broad SMARTS) is 1. The lowest BCUT2D eigenvalue weighted by Gasteiger charge is -2.27. The van der Waals surface area contributed by atoms with Gasteiger partial charge in [0.05, 0.1) is 17.7 Å². The zero-order chi connectivity index (χ0) is 35.4. The van der Waals surface area contributed by atoms with Crippen molar-refractivity contribution in [3.8, 4) is 0 Å². The number of pyridine rings is 1. The summed E-state index contributed by atoms with van der Waals surface area (Å²) in [6, 6.07) is 12.0. The van der Waals surface area contributed by atoms with Gasteiger partial charge in [-0.2, -0.15) is 0 Å². The maximum atomic E-state index is 10.8. The number of ether oxygens (including phenoxy) is 1. The second-order valence-electron chi connectivity index (χ2n) is 14.0. The smallest absolute Gasteiger partial charge is 0.303 e. The van der Waals surface area contributed by atoms with E-state index in [0.717, 1.165) is 86.1 Å². The fourth-order valence-corrected chi connectivity index (χ4v) is 5.70. The molecule has 10 nitrogen and oxygen atoms in total. The summed E-state index contributed by atoms with van der Waals surface area (Å²) in [7, 11) is 0. The molecule has 0 fully saturated rings. The van der Waals surface area contributed by atoms with Crippen LogP contribution in [-0.4, -0.2) is 81.0 Å². The lowest BCUT2D eigenvalue weighted by Crippen LogP contribution is -2.34. The van der Waals surface area contributed by atoms with Crippen molar-refractivity contribution in [1.29, 1.82) is 0 Å². The van der Waals surface area contributed by atoms with E-state index in [1.807, 2.05) is 38.1 Å². The van der Waals surface area contributed by atoms with Crippen LogP contribution < -0.4 is 11.1 Å². The quantitative estimate of drug-likeness (QED) is 0.111. The van der Waals surface area contributed by atoms with Gasteiger partial charge in [-0.15, -0.1) is 0 Å². The van der Waals surface area contributed by atoms with Crippen molar-refractivity contribution in [3.05, 3.63) is 54.0 Å². The fraction of sp³-hybridized carbons (Fsp3) is 0.632. The van der Waals surface area contributed by atoms with Crippen LogP contribution in [-0.2, 0) is 22.4 Å². The van der Waals surface area contributed by atoms with Crippen molar-refractivity contribution < 1.29 is 19.7 Å². The number of hydrogen-bond donors (Lipinski definition) is 4. The first-order valence-corrected chi connectivity index (χ1v) is 17.8. The summed E-state index contributed by atoms with van der Waals surface area (Å²) >= 11 is 0. The maximum absolute atomic E-state index is 10.8. The van der Waals surface area contributed by atoms with E-state index in [4.69, 9.17) is 25.7 Å². The average molecular weight is 667 g/mol. The SMILES string of the molecule is CC(C)(CCO)OCCN(CCCCc1ccc2c(n1)NCCC2)CCCC(=O)O.CC(C)CC(C)C.Nc1ncnc2ccccc12. The number of fused-ring (bicyclic) bond motifs is 2. The first-order valence-electron chi connectivity index (χ1n) is 17.8. The van der Waals surface area contributed by atoms with E-state index in [0.29, 0.717) is 25.3 Å². The molecule has 0 spiro atoms. The molecule has 10 heteroatoms. The van der Waals surface area contributed by atoms with Gasteiger partial charge in [-0.05, 0) is 114 Å². The molecule has 0 bridgehead atoms. The number of nitrogens with two attached hydrogens (primary N) is 1. The van der Waals surface area contributed by atoms with E-state index >= 15 is 0 Å². The number of carboxylic acids is 1. The summed E-state index contributed by atoms with van der Waals surface area (Å²) in [6.45, 7) is 17.2. The molecular weight excluding hydrogens is 604 g/mol. The highest BCUT2D eigenvalue weighted by Crippen LogP contribution is 2.20. The molecule has 0 radical (unpaired) electrons. The van der Waals surface area contributed by atoms with Gasteiger partial charge in [0, 0.05) is 37.2 Å². The number of para-hydroxylation sites is 1. The Morgan fingerprint density at radius 3 is 2.42 bits per heavy atom. The summed E-state index contributed by atoms with van der Waals surface area (Å²) in [6.07, 6.45) is 9.61. The molecule has 0 saturated carbocycles.